The van der Waals surface area contributed by atoms with Crippen LogP contribution in [0.2, 0.25) is 0 Å². The quantitative estimate of drug-likeness (QED) is 0.542. The molecular formula is C24H35N7O5. The van der Waals surface area contributed by atoms with Crippen LogP contribution in [0.5, 0.6) is 17.2 Å². The summed E-state index contributed by atoms with van der Waals surface area (Å²) in [6.45, 7) is 6.90. The van der Waals surface area contributed by atoms with Gasteiger partial charge in [0.15, 0.2) is 23.1 Å². The van der Waals surface area contributed by atoms with E-state index in [-0.39, 0.29) is 12.6 Å². The number of hydrogen-bond donors (Lipinski definition) is 2. The predicted molar refractivity (Wildman–Crippen MR) is 137 cm³/mol. The van der Waals surface area contributed by atoms with Gasteiger partial charge in [0.05, 0.1) is 33.6 Å². The van der Waals surface area contributed by atoms with E-state index in [0.717, 1.165) is 37.8 Å². The number of amides is 2. The van der Waals surface area contributed by atoms with Crippen LogP contribution in [0.3, 0.4) is 0 Å². The van der Waals surface area contributed by atoms with E-state index in [2.05, 4.69) is 30.2 Å². The molecular weight excluding hydrogens is 466 g/mol. The second-order valence-electron chi connectivity index (χ2n) is 8.62. The predicted octanol–water partition coefficient (Wildman–Crippen LogP) is 0.971. The molecule has 2 aromatic rings. The highest BCUT2D eigenvalue weighted by molar-refractivity contribution is 5.90. The first-order valence-electron chi connectivity index (χ1n) is 12.1. The molecule has 12 nitrogen and oxygen atoms in total. The number of methoxy groups -OCH3 is 3. The summed E-state index contributed by atoms with van der Waals surface area (Å²) in [6.07, 6.45) is 0. The highest BCUT2D eigenvalue weighted by atomic mass is 16.5. The Balaban J connectivity index is 1.30. The lowest BCUT2D eigenvalue weighted by atomic mass is 10.2. The van der Waals surface area contributed by atoms with E-state index in [1.54, 1.807) is 17.0 Å². The minimum Gasteiger partial charge on any atom is -0.493 e. The fourth-order valence-corrected chi connectivity index (χ4v) is 4.49. The first-order chi connectivity index (χ1) is 17.6. The maximum atomic E-state index is 12.9. The van der Waals surface area contributed by atoms with Gasteiger partial charge in [-0.3, -0.25) is 4.90 Å². The molecule has 1 aromatic heterocycles. The van der Waals surface area contributed by atoms with Gasteiger partial charge in [-0.1, -0.05) is 0 Å². The van der Waals surface area contributed by atoms with E-state index in [9.17, 15) is 4.79 Å². The number of urea groups is 1. The summed E-state index contributed by atoms with van der Waals surface area (Å²) < 4.78 is 16.1. The molecule has 1 aromatic carbocycles. The van der Waals surface area contributed by atoms with Crippen molar-refractivity contribution in [1.29, 1.82) is 0 Å². The number of carbonyl (C=O) groups is 1. The van der Waals surface area contributed by atoms with E-state index in [1.165, 1.54) is 21.3 Å². The number of carbonyl (C=O) groups excluding carboxylic acids is 1. The zero-order chi connectivity index (χ0) is 25.5. The number of aliphatic hydroxyl groups is 1. The normalized spacial score (nSPS) is 16.6. The Labute approximate surface area is 211 Å². The molecule has 2 saturated heterocycles. The molecule has 0 aliphatic carbocycles. The van der Waals surface area contributed by atoms with Crippen molar-refractivity contribution in [3.05, 3.63) is 24.3 Å². The van der Waals surface area contributed by atoms with Gasteiger partial charge in [-0.05, 0) is 12.1 Å². The Hall–Kier alpha value is -3.51. The fraction of sp³-hybridized carbons (Fsp3) is 0.542. The Bertz CT molecular complexity index is 981. The van der Waals surface area contributed by atoms with Crippen molar-refractivity contribution in [3.63, 3.8) is 0 Å². The Morgan fingerprint density at radius 1 is 0.861 bits per heavy atom. The Morgan fingerprint density at radius 3 is 1.83 bits per heavy atom. The molecule has 0 atom stereocenters. The number of nitrogens with one attached hydrogen (secondary N) is 1. The summed E-state index contributed by atoms with van der Waals surface area (Å²) in [5.74, 6) is 3.10. The lowest BCUT2D eigenvalue weighted by molar-refractivity contribution is 0.188. The first kappa shape index (κ1) is 25.6. The van der Waals surface area contributed by atoms with Gasteiger partial charge < -0.3 is 39.3 Å². The smallest absolute Gasteiger partial charge is 0.321 e. The molecule has 4 rings (SSSR count). The number of piperazine rings is 2. The van der Waals surface area contributed by atoms with Crippen molar-refractivity contribution < 1.29 is 24.1 Å². The van der Waals surface area contributed by atoms with Crippen LogP contribution in [-0.2, 0) is 0 Å². The molecule has 2 N–H and O–H groups in total. The number of nitrogens with zero attached hydrogens (tertiary/aromatic N) is 6. The van der Waals surface area contributed by atoms with E-state index in [1.807, 2.05) is 12.1 Å². The number of benzene rings is 1. The van der Waals surface area contributed by atoms with E-state index >= 15 is 0 Å². The number of aromatic nitrogens is 2. The van der Waals surface area contributed by atoms with Crippen LogP contribution >= 0.6 is 0 Å². The lowest BCUT2D eigenvalue weighted by Crippen LogP contribution is -2.50. The average Bonchev–Trinajstić information content (AvgIpc) is 2.93. The molecule has 0 radical (unpaired) electrons. The number of anilines is 3. The maximum Gasteiger partial charge on any atom is 0.321 e. The van der Waals surface area contributed by atoms with Gasteiger partial charge in [0.1, 0.15) is 0 Å². The summed E-state index contributed by atoms with van der Waals surface area (Å²) >= 11 is 0. The summed E-state index contributed by atoms with van der Waals surface area (Å²) in [5, 5.41) is 20.9. The SMILES string of the molecule is COc1cc(NC(=O)N2CCN(c3ccc(N4CCN(CCO)CC4)nn3)CC2)cc(OC)c1OC. The molecule has 2 fully saturated rings. The number of ether oxygens (including phenoxy) is 3. The summed E-state index contributed by atoms with van der Waals surface area (Å²) in [6, 6.07) is 7.23. The van der Waals surface area contributed by atoms with Gasteiger partial charge in [-0.15, -0.1) is 10.2 Å². The third-order valence-corrected chi connectivity index (χ3v) is 6.56. The minimum absolute atomic E-state index is 0.189. The molecule has 2 aliphatic rings. The van der Waals surface area contributed by atoms with Crippen LogP contribution in [0.1, 0.15) is 0 Å². The van der Waals surface area contributed by atoms with Crippen LogP contribution in [0.4, 0.5) is 22.1 Å². The lowest BCUT2D eigenvalue weighted by Gasteiger charge is -2.36. The van der Waals surface area contributed by atoms with Crippen LogP contribution < -0.4 is 29.3 Å². The molecule has 0 saturated carbocycles. The standard InChI is InChI=1S/C24H35N7O5/c1-34-19-16-18(17-20(35-2)23(19)36-3)25-24(33)31-12-10-30(11-13-31)22-5-4-21(26-27-22)29-8-6-28(7-9-29)14-15-32/h4-5,16-17,32H,6-15H2,1-3H3,(H,25,33). The molecule has 2 amide bonds. The van der Waals surface area contributed by atoms with Gasteiger partial charge in [0.25, 0.3) is 0 Å². The molecule has 2 aliphatic heterocycles. The van der Waals surface area contributed by atoms with Gasteiger partial charge in [0.2, 0.25) is 5.75 Å². The molecule has 36 heavy (non-hydrogen) atoms. The Morgan fingerprint density at radius 2 is 1.39 bits per heavy atom. The Kier molecular flexibility index (Phi) is 8.49. The second-order valence-corrected chi connectivity index (χ2v) is 8.62. The van der Waals surface area contributed by atoms with E-state index < -0.39 is 0 Å². The molecule has 196 valence electrons. The van der Waals surface area contributed by atoms with Gasteiger partial charge in [-0.2, -0.15) is 0 Å². The van der Waals surface area contributed by atoms with Crippen LogP contribution in [0, 0.1) is 0 Å². The number of β-amino-alcohol motifs (C(OH)–C–C–N with tert-alkyl or cyclic N) is 1. The average molecular weight is 502 g/mol. The molecule has 0 bridgehead atoms. The number of hydrogen-bond acceptors (Lipinski definition) is 10. The topological polar surface area (TPSA) is 116 Å². The minimum atomic E-state index is -0.189. The maximum absolute atomic E-state index is 12.9. The van der Waals surface area contributed by atoms with E-state index in [0.29, 0.717) is 55.7 Å². The van der Waals surface area contributed by atoms with Gasteiger partial charge >= 0.3 is 6.03 Å². The fourth-order valence-electron chi connectivity index (χ4n) is 4.49. The third-order valence-electron chi connectivity index (χ3n) is 6.56. The highest BCUT2D eigenvalue weighted by Crippen LogP contribution is 2.40. The third kappa shape index (κ3) is 5.82. The van der Waals surface area contributed by atoms with Gasteiger partial charge in [-0.25, -0.2) is 4.79 Å². The second kappa shape index (κ2) is 12.0. The molecule has 3 heterocycles. The van der Waals surface area contributed by atoms with Crippen molar-refractivity contribution in [2.24, 2.45) is 0 Å². The number of aliphatic hydroxyl groups excluding tert-OH is 1. The zero-order valence-corrected chi connectivity index (χ0v) is 21.1. The van der Waals surface area contributed by atoms with Crippen molar-refractivity contribution in [3.8, 4) is 17.2 Å². The van der Waals surface area contributed by atoms with Crippen molar-refractivity contribution >= 4 is 23.4 Å². The van der Waals surface area contributed by atoms with Crippen LogP contribution in [-0.4, -0.2) is 118 Å². The monoisotopic (exact) mass is 501 g/mol. The van der Waals surface area contributed by atoms with Crippen LogP contribution in [0.15, 0.2) is 24.3 Å². The van der Waals surface area contributed by atoms with Crippen molar-refractivity contribution in [2.45, 2.75) is 0 Å². The first-order valence-corrected chi connectivity index (χ1v) is 12.1. The molecule has 0 unspecified atom stereocenters. The largest absolute Gasteiger partial charge is 0.493 e. The zero-order valence-electron chi connectivity index (χ0n) is 21.1. The summed E-state index contributed by atoms with van der Waals surface area (Å²) in [5.41, 5.74) is 0.565. The summed E-state index contributed by atoms with van der Waals surface area (Å²) in [7, 11) is 4.62. The van der Waals surface area contributed by atoms with E-state index in [4.69, 9.17) is 19.3 Å². The summed E-state index contributed by atoms with van der Waals surface area (Å²) in [4.78, 5) is 21.3. The molecule has 0 spiro atoms. The van der Waals surface area contributed by atoms with Crippen molar-refractivity contribution in [1.82, 2.24) is 20.0 Å². The highest BCUT2D eigenvalue weighted by Gasteiger charge is 2.24. The van der Waals surface area contributed by atoms with Crippen LogP contribution in [0.25, 0.3) is 0 Å². The van der Waals surface area contributed by atoms with Gasteiger partial charge in [0, 0.05) is 71.0 Å². The number of rotatable bonds is 8. The molecule has 12 heteroatoms. The van der Waals surface area contributed by atoms with Crippen molar-refractivity contribution in [2.75, 3.05) is 102 Å².